The largest absolute Gasteiger partial charge is 0.338 e. The summed E-state index contributed by atoms with van der Waals surface area (Å²) in [5.74, 6) is 0.445. The summed E-state index contributed by atoms with van der Waals surface area (Å²) in [7, 11) is 2.15. The van der Waals surface area contributed by atoms with E-state index in [2.05, 4.69) is 53.5 Å². The molecule has 0 spiro atoms. The predicted molar refractivity (Wildman–Crippen MR) is 99.5 cm³/mol. The average Bonchev–Trinajstić information content (AvgIpc) is 2.56. The molecular formula is C18H29ClN4O. The fraction of sp³-hybridized carbons (Fsp3) is 0.611. The molecule has 5 nitrogen and oxygen atoms in total. The van der Waals surface area contributed by atoms with Crippen molar-refractivity contribution in [2.75, 3.05) is 46.3 Å². The van der Waals surface area contributed by atoms with Crippen LogP contribution in [-0.4, -0.2) is 62.1 Å². The first-order valence-electron chi connectivity index (χ1n) is 8.65. The molecule has 0 aliphatic carbocycles. The predicted octanol–water partition coefficient (Wildman–Crippen LogP) is 2.58. The summed E-state index contributed by atoms with van der Waals surface area (Å²) in [6, 6.07) is 8.01. The van der Waals surface area contributed by atoms with E-state index in [1.54, 1.807) is 0 Å². The van der Waals surface area contributed by atoms with Gasteiger partial charge in [0.05, 0.1) is 6.04 Å². The van der Waals surface area contributed by atoms with Crippen LogP contribution >= 0.6 is 11.6 Å². The molecule has 0 saturated carbocycles. The highest BCUT2D eigenvalue weighted by molar-refractivity contribution is 6.30. The maximum absolute atomic E-state index is 12.0. The lowest BCUT2D eigenvalue weighted by Crippen LogP contribution is -2.49. The van der Waals surface area contributed by atoms with Gasteiger partial charge in [-0.25, -0.2) is 4.79 Å². The molecule has 134 valence electrons. The fourth-order valence-corrected chi connectivity index (χ4v) is 2.95. The molecule has 0 aromatic heterocycles. The highest BCUT2D eigenvalue weighted by atomic mass is 35.5. The Balaban J connectivity index is 2.00. The number of carbonyl (C=O) groups is 1. The molecule has 1 unspecified atom stereocenters. The molecule has 2 N–H and O–H groups in total. The monoisotopic (exact) mass is 352 g/mol. The molecule has 1 aromatic carbocycles. The van der Waals surface area contributed by atoms with E-state index in [0.29, 0.717) is 19.0 Å². The van der Waals surface area contributed by atoms with E-state index in [1.165, 1.54) is 5.56 Å². The number of halogens is 1. The third-order valence-corrected chi connectivity index (χ3v) is 4.61. The number of carbonyl (C=O) groups excluding carboxylic acids is 1. The minimum absolute atomic E-state index is 0.100. The average molecular weight is 353 g/mol. The van der Waals surface area contributed by atoms with E-state index in [0.717, 1.165) is 31.2 Å². The molecule has 0 radical (unpaired) electrons. The zero-order valence-corrected chi connectivity index (χ0v) is 15.6. The Hall–Kier alpha value is -1.30. The van der Waals surface area contributed by atoms with E-state index in [4.69, 9.17) is 11.6 Å². The minimum Gasteiger partial charge on any atom is -0.338 e. The first-order valence-corrected chi connectivity index (χ1v) is 9.03. The highest BCUT2D eigenvalue weighted by Crippen LogP contribution is 2.23. The van der Waals surface area contributed by atoms with Crippen LogP contribution in [0.5, 0.6) is 0 Å². The van der Waals surface area contributed by atoms with Crippen molar-refractivity contribution in [1.82, 2.24) is 20.4 Å². The number of amides is 2. The van der Waals surface area contributed by atoms with Gasteiger partial charge in [-0.05, 0) is 30.7 Å². The van der Waals surface area contributed by atoms with E-state index >= 15 is 0 Å². The first-order chi connectivity index (χ1) is 11.5. The molecule has 1 fully saturated rings. The quantitative estimate of drug-likeness (QED) is 0.827. The Bertz CT molecular complexity index is 512. The third-order valence-electron chi connectivity index (χ3n) is 4.36. The van der Waals surface area contributed by atoms with Crippen LogP contribution in [-0.2, 0) is 0 Å². The Morgan fingerprint density at radius 1 is 1.08 bits per heavy atom. The number of rotatable bonds is 6. The molecule has 24 heavy (non-hydrogen) atoms. The number of hydrogen-bond acceptors (Lipinski definition) is 3. The van der Waals surface area contributed by atoms with Crippen LogP contribution in [0.15, 0.2) is 24.3 Å². The van der Waals surface area contributed by atoms with Gasteiger partial charge >= 0.3 is 6.03 Å². The number of likely N-dealkylation sites (N-methyl/N-ethyl adjacent to an activating group) is 1. The Morgan fingerprint density at radius 2 is 1.67 bits per heavy atom. The molecule has 2 rings (SSSR count). The van der Waals surface area contributed by atoms with Crippen LogP contribution in [0, 0.1) is 5.92 Å². The number of urea groups is 1. The van der Waals surface area contributed by atoms with E-state index < -0.39 is 0 Å². The standard InChI is InChI=1S/C18H29ClN4O/c1-14(2)12-20-18(24)21-13-17(15-4-6-16(19)7-5-15)23-10-8-22(3)9-11-23/h4-7,14,17H,8-13H2,1-3H3,(H2,20,21,24). The first kappa shape index (κ1) is 19.0. The molecule has 1 saturated heterocycles. The SMILES string of the molecule is CC(C)CNC(=O)NCC(c1ccc(Cl)cc1)N1CCN(C)CC1. The number of nitrogens with zero attached hydrogens (tertiary/aromatic N) is 2. The Kier molecular flexibility index (Phi) is 7.34. The summed E-state index contributed by atoms with van der Waals surface area (Å²) in [4.78, 5) is 16.8. The van der Waals surface area contributed by atoms with Crippen molar-refractivity contribution in [3.63, 3.8) is 0 Å². The second-order valence-corrected chi connectivity index (χ2v) is 7.33. The lowest BCUT2D eigenvalue weighted by atomic mass is 10.0. The van der Waals surface area contributed by atoms with E-state index in [-0.39, 0.29) is 12.1 Å². The number of nitrogens with one attached hydrogen (secondary N) is 2. The second-order valence-electron chi connectivity index (χ2n) is 6.89. The molecule has 2 amide bonds. The molecule has 1 aliphatic rings. The second kappa shape index (κ2) is 9.25. The zero-order chi connectivity index (χ0) is 17.5. The van der Waals surface area contributed by atoms with Gasteiger partial charge in [0.1, 0.15) is 0 Å². The van der Waals surface area contributed by atoms with Crippen molar-refractivity contribution in [2.24, 2.45) is 5.92 Å². The van der Waals surface area contributed by atoms with Gasteiger partial charge in [-0.3, -0.25) is 4.90 Å². The van der Waals surface area contributed by atoms with Crippen LogP contribution in [0.4, 0.5) is 4.79 Å². The van der Waals surface area contributed by atoms with Crippen LogP contribution in [0.3, 0.4) is 0 Å². The summed E-state index contributed by atoms with van der Waals surface area (Å²) in [5, 5.41) is 6.67. The summed E-state index contributed by atoms with van der Waals surface area (Å²) in [5.41, 5.74) is 1.19. The van der Waals surface area contributed by atoms with Gasteiger partial charge in [0, 0.05) is 44.3 Å². The van der Waals surface area contributed by atoms with Crippen molar-refractivity contribution in [3.05, 3.63) is 34.9 Å². The molecule has 1 aliphatic heterocycles. The van der Waals surface area contributed by atoms with Crippen LogP contribution in [0.25, 0.3) is 0 Å². The summed E-state index contributed by atoms with van der Waals surface area (Å²) in [6.07, 6.45) is 0. The van der Waals surface area contributed by atoms with Crippen molar-refractivity contribution < 1.29 is 4.79 Å². The van der Waals surface area contributed by atoms with E-state index in [9.17, 15) is 4.79 Å². The van der Waals surface area contributed by atoms with E-state index in [1.807, 2.05) is 12.1 Å². The maximum atomic E-state index is 12.0. The maximum Gasteiger partial charge on any atom is 0.314 e. The highest BCUT2D eigenvalue weighted by Gasteiger charge is 2.24. The molecule has 0 bridgehead atoms. The van der Waals surface area contributed by atoms with Crippen molar-refractivity contribution >= 4 is 17.6 Å². The van der Waals surface area contributed by atoms with Gasteiger partial charge < -0.3 is 15.5 Å². The number of piperazine rings is 1. The zero-order valence-electron chi connectivity index (χ0n) is 14.9. The van der Waals surface area contributed by atoms with Crippen LogP contribution in [0.1, 0.15) is 25.5 Å². The Morgan fingerprint density at radius 3 is 2.25 bits per heavy atom. The molecular weight excluding hydrogens is 324 g/mol. The summed E-state index contributed by atoms with van der Waals surface area (Å²) in [6.45, 7) is 9.54. The van der Waals surface area contributed by atoms with Crippen molar-refractivity contribution in [3.8, 4) is 0 Å². The third kappa shape index (κ3) is 5.96. The topological polar surface area (TPSA) is 47.6 Å². The minimum atomic E-state index is -0.100. The summed E-state index contributed by atoms with van der Waals surface area (Å²) >= 11 is 6.02. The molecule has 1 atom stereocenters. The van der Waals surface area contributed by atoms with Gasteiger partial charge in [-0.15, -0.1) is 0 Å². The fourth-order valence-electron chi connectivity index (χ4n) is 2.82. The van der Waals surface area contributed by atoms with Crippen molar-refractivity contribution in [1.29, 1.82) is 0 Å². The van der Waals surface area contributed by atoms with Crippen LogP contribution in [0.2, 0.25) is 5.02 Å². The Labute approximate surface area is 150 Å². The molecule has 1 aromatic rings. The lowest BCUT2D eigenvalue weighted by molar-refractivity contribution is 0.111. The molecule has 6 heteroatoms. The number of hydrogen-bond donors (Lipinski definition) is 2. The molecule has 1 heterocycles. The van der Waals surface area contributed by atoms with Crippen LogP contribution < -0.4 is 10.6 Å². The van der Waals surface area contributed by atoms with Crippen molar-refractivity contribution in [2.45, 2.75) is 19.9 Å². The normalized spacial score (nSPS) is 17.7. The van der Waals surface area contributed by atoms with Gasteiger partial charge in [0.2, 0.25) is 0 Å². The van der Waals surface area contributed by atoms with Gasteiger partial charge in [-0.2, -0.15) is 0 Å². The lowest BCUT2D eigenvalue weighted by Gasteiger charge is -2.38. The summed E-state index contributed by atoms with van der Waals surface area (Å²) < 4.78 is 0. The van der Waals surface area contributed by atoms with Gasteiger partial charge in [-0.1, -0.05) is 37.6 Å². The van der Waals surface area contributed by atoms with Gasteiger partial charge in [0.15, 0.2) is 0 Å². The number of benzene rings is 1. The van der Waals surface area contributed by atoms with Gasteiger partial charge in [0.25, 0.3) is 0 Å². The smallest absolute Gasteiger partial charge is 0.314 e.